The summed E-state index contributed by atoms with van der Waals surface area (Å²) >= 11 is 0. The molecule has 1 atom stereocenters. The SMILES string of the molecule is CCOC(=O)C1=C(Cn2nnc(-c3ccccc3)n2)NC(=O)N[C@H]1c1ccc(OC)cc1. The van der Waals surface area contributed by atoms with Crippen LogP contribution in [0.15, 0.2) is 65.9 Å². The van der Waals surface area contributed by atoms with Gasteiger partial charge < -0.3 is 20.1 Å². The fourth-order valence-corrected chi connectivity index (χ4v) is 3.39. The summed E-state index contributed by atoms with van der Waals surface area (Å²) in [6, 6.07) is 15.3. The van der Waals surface area contributed by atoms with E-state index >= 15 is 0 Å². The lowest BCUT2D eigenvalue weighted by atomic mass is 9.95. The lowest BCUT2D eigenvalue weighted by molar-refractivity contribution is -0.139. The molecule has 4 rings (SSSR count). The summed E-state index contributed by atoms with van der Waals surface area (Å²) in [6.07, 6.45) is 0. The number of rotatable bonds is 7. The zero-order valence-electron chi connectivity index (χ0n) is 17.6. The van der Waals surface area contributed by atoms with Gasteiger partial charge in [0.05, 0.1) is 31.0 Å². The summed E-state index contributed by atoms with van der Waals surface area (Å²) in [5, 5.41) is 18.0. The molecule has 0 fully saturated rings. The third kappa shape index (κ3) is 4.43. The Morgan fingerprint density at radius 1 is 1.12 bits per heavy atom. The highest BCUT2D eigenvalue weighted by Gasteiger charge is 2.34. The largest absolute Gasteiger partial charge is 0.497 e. The first-order chi connectivity index (χ1) is 15.6. The average molecular weight is 434 g/mol. The number of hydrogen-bond acceptors (Lipinski definition) is 7. The van der Waals surface area contributed by atoms with Crippen molar-refractivity contribution in [1.82, 2.24) is 30.8 Å². The Kier molecular flexibility index (Phi) is 6.11. The molecular formula is C22H22N6O4. The molecule has 0 spiro atoms. The first kappa shape index (κ1) is 21.0. The van der Waals surface area contributed by atoms with Gasteiger partial charge in [-0.2, -0.15) is 4.80 Å². The predicted molar refractivity (Wildman–Crippen MR) is 114 cm³/mol. The van der Waals surface area contributed by atoms with Gasteiger partial charge in [-0.1, -0.05) is 42.5 Å². The van der Waals surface area contributed by atoms with Crippen LogP contribution in [0, 0.1) is 0 Å². The van der Waals surface area contributed by atoms with Crippen molar-refractivity contribution < 1.29 is 19.1 Å². The fraction of sp³-hybridized carbons (Fsp3) is 0.227. The Labute approximate surface area is 184 Å². The Morgan fingerprint density at radius 2 is 1.88 bits per heavy atom. The van der Waals surface area contributed by atoms with Crippen molar-refractivity contribution in [1.29, 1.82) is 0 Å². The lowest BCUT2D eigenvalue weighted by Gasteiger charge is -2.29. The Balaban J connectivity index is 1.70. The van der Waals surface area contributed by atoms with E-state index in [1.807, 2.05) is 30.3 Å². The number of amides is 2. The van der Waals surface area contributed by atoms with Crippen molar-refractivity contribution in [3.8, 4) is 17.1 Å². The van der Waals surface area contributed by atoms with Crippen LogP contribution in [0.4, 0.5) is 4.79 Å². The maximum atomic E-state index is 12.9. The minimum Gasteiger partial charge on any atom is -0.497 e. The maximum absolute atomic E-state index is 12.9. The van der Waals surface area contributed by atoms with Crippen LogP contribution in [0.1, 0.15) is 18.5 Å². The van der Waals surface area contributed by atoms with Crippen LogP contribution in [0.25, 0.3) is 11.4 Å². The summed E-state index contributed by atoms with van der Waals surface area (Å²) in [5.74, 6) is 0.561. The summed E-state index contributed by atoms with van der Waals surface area (Å²) in [6.45, 7) is 1.95. The van der Waals surface area contributed by atoms with Gasteiger partial charge in [0.25, 0.3) is 0 Å². The number of nitrogens with one attached hydrogen (secondary N) is 2. The van der Waals surface area contributed by atoms with E-state index in [1.54, 1.807) is 38.3 Å². The normalized spacial score (nSPS) is 15.7. The third-order valence-electron chi connectivity index (χ3n) is 4.88. The number of carbonyl (C=O) groups is 2. The highest BCUT2D eigenvalue weighted by molar-refractivity contribution is 5.95. The van der Waals surface area contributed by atoms with Crippen molar-refractivity contribution in [3.05, 3.63) is 71.4 Å². The van der Waals surface area contributed by atoms with Gasteiger partial charge in [-0.25, -0.2) is 9.59 Å². The number of hydrogen-bond donors (Lipinski definition) is 2. The number of methoxy groups -OCH3 is 1. The van der Waals surface area contributed by atoms with Gasteiger partial charge in [0, 0.05) is 5.56 Å². The van der Waals surface area contributed by atoms with E-state index in [9.17, 15) is 9.59 Å². The van der Waals surface area contributed by atoms with Crippen LogP contribution in [-0.2, 0) is 16.1 Å². The molecular weight excluding hydrogens is 412 g/mol. The molecule has 1 aliphatic heterocycles. The summed E-state index contributed by atoms with van der Waals surface area (Å²) in [5.41, 5.74) is 2.13. The average Bonchev–Trinajstić information content (AvgIpc) is 3.28. The number of urea groups is 1. The second-order valence-corrected chi connectivity index (χ2v) is 6.93. The fourth-order valence-electron chi connectivity index (χ4n) is 3.39. The molecule has 0 unspecified atom stereocenters. The number of tetrazole rings is 1. The van der Waals surface area contributed by atoms with E-state index in [0.717, 1.165) is 5.56 Å². The van der Waals surface area contributed by atoms with Gasteiger partial charge in [0.1, 0.15) is 12.3 Å². The van der Waals surface area contributed by atoms with Gasteiger partial charge >= 0.3 is 12.0 Å². The maximum Gasteiger partial charge on any atom is 0.338 e. The van der Waals surface area contributed by atoms with E-state index in [2.05, 4.69) is 26.0 Å². The van der Waals surface area contributed by atoms with Gasteiger partial charge in [-0.15, -0.1) is 10.2 Å². The number of ether oxygens (including phenoxy) is 2. The smallest absolute Gasteiger partial charge is 0.338 e. The topological polar surface area (TPSA) is 120 Å². The van der Waals surface area contributed by atoms with Crippen LogP contribution >= 0.6 is 0 Å². The van der Waals surface area contributed by atoms with Gasteiger partial charge in [0.2, 0.25) is 5.82 Å². The number of benzene rings is 2. The van der Waals surface area contributed by atoms with E-state index in [0.29, 0.717) is 22.8 Å². The molecule has 3 aromatic rings. The molecule has 0 bridgehead atoms. The molecule has 1 aromatic heterocycles. The zero-order chi connectivity index (χ0) is 22.5. The molecule has 0 saturated carbocycles. The first-order valence-corrected chi connectivity index (χ1v) is 10.0. The Bertz CT molecular complexity index is 1140. The molecule has 2 heterocycles. The van der Waals surface area contributed by atoms with Crippen molar-refractivity contribution >= 4 is 12.0 Å². The number of aromatic nitrogens is 4. The second-order valence-electron chi connectivity index (χ2n) is 6.93. The molecule has 2 amide bonds. The highest BCUT2D eigenvalue weighted by atomic mass is 16.5. The van der Waals surface area contributed by atoms with Crippen molar-refractivity contribution in [3.63, 3.8) is 0 Å². The van der Waals surface area contributed by atoms with E-state index in [1.165, 1.54) is 4.80 Å². The standard InChI is InChI=1S/C22H22N6O4/c1-3-32-21(29)18-17(13-28-26-20(25-27-28)15-7-5-4-6-8-15)23-22(30)24-19(18)14-9-11-16(31-2)12-10-14/h4-12,19H,3,13H2,1-2H3,(H2,23,24,30)/t19-/m0/s1. The molecule has 0 saturated heterocycles. The van der Waals surface area contributed by atoms with Crippen LogP contribution in [0.2, 0.25) is 0 Å². The highest BCUT2D eigenvalue weighted by Crippen LogP contribution is 2.29. The molecule has 10 heteroatoms. The van der Waals surface area contributed by atoms with Crippen molar-refractivity contribution in [2.24, 2.45) is 0 Å². The molecule has 1 aliphatic rings. The van der Waals surface area contributed by atoms with Gasteiger partial charge in [-0.3, -0.25) is 0 Å². The lowest BCUT2D eigenvalue weighted by Crippen LogP contribution is -2.47. The van der Waals surface area contributed by atoms with E-state index < -0.39 is 18.0 Å². The predicted octanol–water partition coefficient (Wildman–Crippen LogP) is 2.22. The number of nitrogens with zero attached hydrogens (tertiary/aromatic N) is 4. The molecule has 2 aromatic carbocycles. The second kappa shape index (κ2) is 9.29. The van der Waals surface area contributed by atoms with Crippen LogP contribution in [0.3, 0.4) is 0 Å². The number of esters is 1. The molecule has 10 nitrogen and oxygen atoms in total. The molecule has 0 radical (unpaired) electrons. The summed E-state index contributed by atoms with van der Waals surface area (Å²) < 4.78 is 10.5. The molecule has 0 aliphatic carbocycles. The summed E-state index contributed by atoms with van der Waals surface area (Å²) in [7, 11) is 1.57. The quantitative estimate of drug-likeness (QED) is 0.547. The third-order valence-corrected chi connectivity index (χ3v) is 4.88. The minimum absolute atomic E-state index is 0.0358. The van der Waals surface area contributed by atoms with Crippen molar-refractivity contribution in [2.75, 3.05) is 13.7 Å². The molecule has 2 N–H and O–H groups in total. The van der Waals surface area contributed by atoms with Gasteiger partial charge in [0.15, 0.2) is 0 Å². The monoisotopic (exact) mass is 434 g/mol. The van der Waals surface area contributed by atoms with Crippen molar-refractivity contribution in [2.45, 2.75) is 19.5 Å². The number of allylic oxidation sites excluding steroid dienone is 1. The first-order valence-electron chi connectivity index (χ1n) is 10.0. The molecule has 32 heavy (non-hydrogen) atoms. The van der Waals surface area contributed by atoms with Crippen LogP contribution in [0.5, 0.6) is 5.75 Å². The van der Waals surface area contributed by atoms with E-state index in [4.69, 9.17) is 9.47 Å². The van der Waals surface area contributed by atoms with Crippen LogP contribution < -0.4 is 15.4 Å². The van der Waals surface area contributed by atoms with Crippen LogP contribution in [-0.4, -0.2) is 45.9 Å². The Hall–Kier alpha value is -4.21. The zero-order valence-corrected chi connectivity index (χ0v) is 17.6. The van der Waals surface area contributed by atoms with E-state index in [-0.39, 0.29) is 18.7 Å². The summed E-state index contributed by atoms with van der Waals surface area (Å²) in [4.78, 5) is 26.6. The minimum atomic E-state index is -0.708. The molecule has 164 valence electrons. The van der Waals surface area contributed by atoms with Gasteiger partial charge in [-0.05, 0) is 29.8 Å². The Morgan fingerprint density at radius 3 is 2.56 bits per heavy atom. The number of carbonyl (C=O) groups excluding carboxylic acids is 2.